The summed E-state index contributed by atoms with van der Waals surface area (Å²) in [5.74, 6) is 1.02. The summed E-state index contributed by atoms with van der Waals surface area (Å²) < 4.78 is 6.01. The first-order chi connectivity index (χ1) is 14.3. The molecule has 0 unspecified atom stereocenters. The Bertz CT molecular complexity index is 834. The SMILES string of the molecule is CCCCN(CCCC)c1cc(Oc2cccc(NC(=O)N(C)C)c2)nc(Cl)c1C. The molecule has 0 fully saturated rings. The van der Waals surface area contributed by atoms with Crippen LogP contribution in [0.2, 0.25) is 5.15 Å². The molecule has 1 N–H and O–H groups in total. The minimum atomic E-state index is -0.201. The number of aromatic nitrogens is 1. The zero-order valence-corrected chi connectivity index (χ0v) is 19.4. The highest BCUT2D eigenvalue weighted by atomic mass is 35.5. The lowest BCUT2D eigenvalue weighted by atomic mass is 10.2. The second-order valence-corrected chi connectivity index (χ2v) is 7.90. The van der Waals surface area contributed by atoms with Gasteiger partial charge >= 0.3 is 6.03 Å². The summed E-state index contributed by atoms with van der Waals surface area (Å²) in [7, 11) is 3.39. The van der Waals surface area contributed by atoms with Gasteiger partial charge < -0.3 is 19.9 Å². The molecule has 2 amide bonds. The van der Waals surface area contributed by atoms with Crippen LogP contribution in [-0.2, 0) is 0 Å². The third kappa shape index (κ3) is 6.80. The molecule has 1 aromatic carbocycles. The summed E-state index contributed by atoms with van der Waals surface area (Å²) in [6, 6.07) is 8.98. The number of rotatable bonds is 10. The highest BCUT2D eigenvalue weighted by Crippen LogP contribution is 2.32. The van der Waals surface area contributed by atoms with Crippen LogP contribution in [0.4, 0.5) is 16.2 Å². The molecule has 164 valence electrons. The van der Waals surface area contributed by atoms with Crippen molar-refractivity contribution in [2.45, 2.75) is 46.5 Å². The van der Waals surface area contributed by atoms with Crippen LogP contribution in [0.15, 0.2) is 30.3 Å². The Balaban J connectivity index is 2.27. The minimum Gasteiger partial charge on any atom is -0.439 e. The zero-order valence-electron chi connectivity index (χ0n) is 18.7. The Kier molecular flexibility index (Phi) is 9.24. The second-order valence-electron chi connectivity index (χ2n) is 7.54. The standard InChI is InChI=1S/C23H33ClN4O2/c1-6-8-13-28(14-9-7-2)20-16-21(26-22(24)17(20)3)30-19-12-10-11-18(15-19)25-23(29)27(4)5/h10-12,15-16H,6-9,13-14H2,1-5H3,(H,25,29). The van der Waals surface area contributed by atoms with Gasteiger partial charge in [-0.3, -0.25) is 0 Å². The number of carbonyl (C=O) groups is 1. The number of anilines is 2. The van der Waals surface area contributed by atoms with Crippen molar-refractivity contribution in [2.24, 2.45) is 0 Å². The number of unbranched alkanes of at least 4 members (excludes halogenated alkanes) is 2. The molecule has 1 aromatic heterocycles. The van der Waals surface area contributed by atoms with E-state index in [0.717, 1.165) is 50.0 Å². The minimum absolute atomic E-state index is 0.201. The van der Waals surface area contributed by atoms with Gasteiger partial charge in [-0.1, -0.05) is 44.4 Å². The average Bonchev–Trinajstić information content (AvgIpc) is 2.71. The van der Waals surface area contributed by atoms with Crippen molar-refractivity contribution < 1.29 is 9.53 Å². The molecule has 0 spiro atoms. The molecule has 0 saturated carbocycles. The first kappa shape index (κ1) is 23.8. The third-order valence-electron chi connectivity index (χ3n) is 4.78. The Morgan fingerprint density at radius 1 is 1.13 bits per heavy atom. The van der Waals surface area contributed by atoms with E-state index in [2.05, 4.69) is 29.0 Å². The van der Waals surface area contributed by atoms with Crippen LogP contribution < -0.4 is 15.0 Å². The number of benzene rings is 1. The number of hydrogen-bond donors (Lipinski definition) is 1. The second kappa shape index (κ2) is 11.6. The average molecular weight is 433 g/mol. The first-order valence-corrected chi connectivity index (χ1v) is 10.9. The van der Waals surface area contributed by atoms with Crippen molar-refractivity contribution in [1.82, 2.24) is 9.88 Å². The molecular weight excluding hydrogens is 400 g/mol. The van der Waals surface area contributed by atoms with Crippen molar-refractivity contribution in [3.05, 3.63) is 41.0 Å². The highest BCUT2D eigenvalue weighted by Gasteiger charge is 2.15. The molecule has 0 bridgehead atoms. The normalized spacial score (nSPS) is 10.6. The van der Waals surface area contributed by atoms with E-state index in [-0.39, 0.29) is 6.03 Å². The molecule has 0 aliphatic heterocycles. The van der Waals surface area contributed by atoms with Gasteiger partial charge in [-0.05, 0) is 31.9 Å². The molecule has 7 heteroatoms. The fraction of sp³-hybridized carbons (Fsp3) is 0.478. The van der Waals surface area contributed by atoms with Gasteiger partial charge in [0.25, 0.3) is 0 Å². The summed E-state index contributed by atoms with van der Waals surface area (Å²) >= 11 is 6.45. The quantitative estimate of drug-likeness (QED) is 0.445. The molecule has 0 saturated heterocycles. The smallest absolute Gasteiger partial charge is 0.321 e. The summed E-state index contributed by atoms with van der Waals surface area (Å²) in [4.78, 5) is 20.2. The van der Waals surface area contributed by atoms with Gasteiger partial charge in [0.05, 0.1) is 0 Å². The van der Waals surface area contributed by atoms with Gasteiger partial charge in [0.1, 0.15) is 10.9 Å². The lowest BCUT2D eigenvalue weighted by Crippen LogP contribution is -2.27. The maximum absolute atomic E-state index is 11.9. The predicted molar refractivity (Wildman–Crippen MR) is 125 cm³/mol. The Morgan fingerprint density at radius 3 is 2.40 bits per heavy atom. The van der Waals surface area contributed by atoms with E-state index in [1.807, 2.05) is 31.2 Å². The highest BCUT2D eigenvalue weighted by molar-refractivity contribution is 6.30. The van der Waals surface area contributed by atoms with Crippen LogP contribution in [0.5, 0.6) is 11.6 Å². The molecule has 2 aromatic rings. The number of amides is 2. The third-order valence-corrected chi connectivity index (χ3v) is 5.15. The molecule has 0 radical (unpaired) electrons. The van der Waals surface area contributed by atoms with E-state index in [0.29, 0.717) is 22.5 Å². The Morgan fingerprint density at radius 2 is 1.80 bits per heavy atom. The Hall–Kier alpha value is -2.47. The number of urea groups is 1. The van der Waals surface area contributed by atoms with Gasteiger partial charge in [-0.2, -0.15) is 0 Å². The number of carbonyl (C=O) groups excluding carboxylic acids is 1. The van der Waals surface area contributed by atoms with Crippen LogP contribution >= 0.6 is 11.6 Å². The maximum atomic E-state index is 11.9. The molecule has 0 aliphatic carbocycles. The molecular formula is C23H33ClN4O2. The van der Waals surface area contributed by atoms with Gasteiger partial charge in [-0.25, -0.2) is 9.78 Å². The van der Waals surface area contributed by atoms with Crippen LogP contribution in [-0.4, -0.2) is 43.1 Å². The number of nitrogens with one attached hydrogen (secondary N) is 1. The van der Waals surface area contributed by atoms with E-state index in [1.54, 1.807) is 20.2 Å². The van der Waals surface area contributed by atoms with Gasteiger partial charge in [0, 0.05) is 56.3 Å². The summed E-state index contributed by atoms with van der Waals surface area (Å²) in [5.41, 5.74) is 2.67. The Labute approximate surface area is 185 Å². The van der Waals surface area contributed by atoms with Crippen molar-refractivity contribution in [2.75, 3.05) is 37.4 Å². The topological polar surface area (TPSA) is 57.7 Å². The van der Waals surface area contributed by atoms with Crippen LogP contribution in [0, 0.1) is 6.92 Å². The maximum Gasteiger partial charge on any atom is 0.321 e. The van der Waals surface area contributed by atoms with Gasteiger partial charge in [-0.15, -0.1) is 0 Å². The van der Waals surface area contributed by atoms with Crippen LogP contribution in [0.1, 0.15) is 45.1 Å². The number of halogens is 1. The van der Waals surface area contributed by atoms with Crippen molar-refractivity contribution >= 4 is 29.0 Å². The zero-order chi connectivity index (χ0) is 22.1. The summed E-state index contributed by atoms with van der Waals surface area (Å²) in [6.45, 7) is 8.34. The van der Waals surface area contributed by atoms with Crippen LogP contribution in [0.25, 0.3) is 0 Å². The molecule has 0 atom stereocenters. The monoisotopic (exact) mass is 432 g/mol. The van der Waals surface area contributed by atoms with Gasteiger partial charge in [0.2, 0.25) is 5.88 Å². The first-order valence-electron chi connectivity index (χ1n) is 10.5. The van der Waals surface area contributed by atoms with E-state index in [1.165, 1.54) is 4.90 Å². The summed E-state index contributed by atoms with van der Waals surface area (Å²) in [5, 5.41) is 3.26. The van der Waals surface area contributed by atoms with Crippen molar-refractivity contribution in [3.8, 4) is 11.6 Å². The predicted octanol–water partition coefficient (Wildman–Crippen LogP) is 6.34. The molecule has 30 heavy (non-hydrogen) atoms. The number of pyridine rings is 1. The lowest BCUT2D eigenvalue weighted by molar-refractivity contribution is 0.230. The lowest BCUT2D eigenvalue weighted by Gasteiger charge is -2.27. The fourth-order valence-corrected chi connectivity index (χ4v) is 3.15. The number of hydrogen-bond acceptors (Lipinski definition) is 4. The molecule has 2 rings (SSSR count). The number of nitrogens with zero attached hydrogens (tertiary/aromatic N) is 3. The van der Waals surface area contributed by atoms with Crippen molar-refractivity contribution in [1.29, 1.82) is 0 Å². The molecule has 0 aliphatic rings. The van der Waals surface area contributed by atoms with E-state index in [9.17, 15) is 4.79 Å². The molecule has 6 nitrogen and oxygen atoms in total. The fourth-order valence-electron chi connectivity index (χ4n) is 2.97. The van der Waals surface area contributed by atoms with Gasteiger partial charge in [0.15, 0.2) is 0 Å². The van der Waals surface area contributed by atoms with E-state index < -0.39 is 0 Å². The largest absolute Gasteiger partial charge is 0.439 e. The van der Waals surface area contributed by atoms with E-state index >= 15 is 0 Å². The number of ether oxygens (including phenoxy) is 1. The van der Waals surface area contributed by atoms with Crippen molar-refractivity contribution in [3.63, 3.8) is 0 Å². The molecule has 1 heterocycles. The van der Waals surface area contributed by atoms with Crippen LogP contribution in [0.3, 0.4) is 0 Å². The summed E-state index contributed by atoms with van der Waals surface area (Å²) in [6.07, 6.45) is 4.50. The van der Waals surface area contributed by atoms with E-state index in [4.69, 9.17) is 16.3 Å².